The third-order valence-corrected chi connectivity index (χ3v) is 5.22. The van der Waals surface area contributed by atoms with E-state index in [1.165, 1.54) is 5.56 Å². The molecule has 1 aromatic carbocycles. The van der Waals surface area contributed by atoms with Gasteiger partial charge in [0.2, 0.25) is 10.0 Å². The number of benzene rings is 1. The van der Waals surface area contributed by atoms with Crippen molar-refractivity contribution in [3.05, 3.63) is 29.3 Å². The first kappa shape index (κ1) is 16.3. The first-order chi connectivity index (χ1) is 10.9. The minimum Gasteiger partial charge on any atom is -0.384 e. The number of carbonyl (C=O) groups excluding carboxylic acids is 1. The molecule has 0 bridgehead atoms. The number of hydrogen-bond acceptors (Lipinski definition) is 4. The molecular weight excluding hydrogens is 314 g/mol. The van der Waals surface area contributed by atoms with Crippen molar-refractivity contribution in [2.24, 2.45) is 0 Å². The van der Waals surface area contributed by atoms with E-state index in [2.05, 4.69) is 10.0 Å². The molecule has 0 aromatic heterocycles. The number of rotatable bonds is 4. The van der Waals surface area contributed by atoms with Crippen LogP contribution in [0.3, 0.4) is 0 Å². The van der Waals surface area contributed by atoms with Gasteiger partial charge in [-0.05, 0) is 49.4 Å². The standard InChI is InChI=1S/C16H23N3O3S/c1-23(21,22)18-11-14-4-2-3-9-19(14)16(20)13-5-6-15-12(10-13)7-8-17-15/h5-6,10,14,17-18H,2-4,7-9,11H2,1H3. The summed E-state index contributed by atoms with van der Waals surface area (Å²) in [6.45, 7) is 1.89. The van der Waals surface area contributed by atoms with Gasteiger partial charge in [-0.15, -0.1) is 0 Å². The predicted octanol–water partition coefficient (Wildman–Crippen LogP) is 1.20. The van der Waals surface area contributed by atoms with Gasteiger partial charge in [0.25, 0.3) is 5.91 Å². The quantitative estimate of drug-likeness (QED) is 0.865. The fraction of sp³-hybridized carbons (Fsp3) is 0.562. The molecule has 126 valence electrons. The molecule has 1 unspecified atom stereocenters. The monoisotopic (exact) mass is 337 g/mol. The number of sulfonamides is 1. The summed E-state index contributed by atoms with van der Waals surface area (Å²) in [6.07, 6.45) is 4.91. The summed E-state index contributed by atoms with van der Waals surface area (Å²) in [7, 11) is -3.24. The molecular formula is C16H23N3O3S. The fourth-order valence-electron chi connectivity index (χ4n) is 3.33. The summed E-state index contributed by atoms with van der Waals surface area (Å²) in [5.41, 5.74) is 2.98. The molecule has 7 heteroatoms. The molecule has 1 aromatic rings. The summed E-state index contributed by atoms with van der Waals surface area (Å²) >= 11 is 0. The highest BCUT2D eigenvalue weighted by Gasteiger charge is 2.28. The lowest BCUT2D eigenvalue weighted by atomic mass is 10.00. The summed E-state index contributed by atoms with van der Waals surface area (Å²) < 4.78 is 25.2. The zero-order valence-corrected chi connectivity index (χ0v) is 14.2. The smallest absolute Gasteiger partial charge is 0.254 e. The Labute approximate surface area is 137 Å². The molecule has 1 amide bonds. The zero-order valence-electron chi connectivity index (χ0n) is 13.3. The summed E-state index contributed by atoms with van der Waals surface area (Å²) in [4.78, 5) is 14.7. The van der Waals surface area contributed by atoms with E-state index < -0.39 is 10.0 Å². The molecule has 3 rings (SSSR count). The lowest BCUT2D eigenvalue weighted by Gasteiger charge is -2.36. The second kappa shape index (κ2) is 6.49. The Morgan fingerprint density at radius 2 is 2.22 bits per heavy atom. The average molecular weight is 337 g/mol. The Morgan fingerprint density at radius 1 is 1.39 bits per heavy atom. The molecule has 23 heavy (non-hydrogen) atoms. The van der Waals surface area contributed by atoms with Crippen molar-refractivity contribution in [3.63, 3.8) is 0 Å². The van der Waals surface area contributed by atoms with Crippen molar-refractivity contribution < 1.29 is 13.2 Å². The number of fused-ring (bicyclic) bond motifs is 1. The van der Waals surface area contributed by atoms with Gasteiger partial charge in [-0.1, -0.05) is 0 Å². The van der Waals surface area contributed by atoms with Crippen molar-refractivity contribution in [1.82, 2.24) is 9.62 Å². The van der Waals surface area contributed by atoms with Gasteiger partial charge in [0.1, 0.15) is 0 Å². The predicted molar refractivity (Wildman–Crippen MR) is 90.2 cm³/mol. The zero-order chi connectivity index (χ0) is 16.4. The highest BCUT2D eigenvalue weighted by atomic mass is 32.2. The van der Waals surface area contributed by atoms with E-state index >= 15 is 0 Å². The minimum absolute atomic E-state index is 0.000277. The van der Waals surface area contributed by atoms with Gasteiger partial charge in [0, 0.05) is 36.9 Å². The minimum atomic E-state index is -3.24. The Hall–Kier alpha value is -1.60. The van der Waals surface area contributed by atoms with Crippen LogP contribution in [0.15, 0.2) is 18.2 Å². The fourth-order valence-corrected chi connectivity index (χ4v) is 3.83. The van der Waals surface area contributed by atoms with E-state index in [0.717, 1.165) is 44.2 Å². The molecule has 6 nitrogen and oxygen atoms in total. The van der Waals surface area contributed by atoms with E-state index in [9.17, 15) is 13.2 Å². The van der Waals surface area contributed by atoms with Gasteiger partial charge >= 0.3 is 0 Å². The van der Waals surface area contributed by atoms with Crippen LogP contribution in [0, 0.1) is 0 Å². The second-order valence-corrected chi connectivity index (χ2v) is 8.15. The number of anilines is 1. The van der Waals surface area contributed by atoms with E-state index in [1.807, 2.05) is 23.1 Å². The lowest BCUT2D eigenvalue weighted by Crippen LogP contribution is -2.49. The van der Waals surface area contributed by atoms with Gasteiger partial charge in [-0.3, -0.25) is 4.79 Å². The number of nitrogens with one attached hydrogen (secondary N) is 2. The molecule has 2 N–H and O–H groups in total. The molecule has 1 atom stereocenters. The molecule has 2 aliphatic heterocycles. The van der Waals surface area contributed by atoms with Crippen LogP contribution in [0.2, 0.25) is 0 Å². The first-order valence-corrected chi connectivity index (χ1v) is 9.95. The van der Waals surface area contributed by atoms with Crippen molar-refractivity contribution in [3.8, 4) is 0 Å². The molecule has 1 fully saturated rings. The number of amides is 1. The highest BCUT2D eigenvalue weighted by Crippen LogP contribution is 2.25. The first-order valence-electron chi connectivity index (χ1n) is 8.06. The Balaban J connectivity index is 1.75. The number of nitrogens with zero attached hydrogens (tertiary/aromatic N) is 1. The summed E-state index contributed by atoms with van der Waals surface area (Å²) in [5, 5.41) is 3.29. The van der Waals surface area contributed by atoms with Crippen LogP contribution < -0.4 is 10.0 Å². The molecule has 2 aliphatic rings. The molecule has 0 spiro atoms. The number of likely N-dealkylation sites (tertiary alicyclic amines) is 1. The van der Waals surface area contributed by atoms with Crippen molar-refractivity contribution in [1.29, 1.82) is 0 Å². The van der Waals surface area contributed by atoms with E-state index in [4.69, 9.17) is 0 Å². The van der Waals surface area contributed by atoms with Crippen LogP contribution in [0.1, 0.15) is 35.2 Å². The van der Waals surface area contributed by atoms with E-state index in [1.54, 1.807) is 0 Å². The van der Waals surface area contributed by atoms with Crippen molar-refractivity contribution in [2.75, 3.05) is 31.2 Å². The maximum absolute atomic E-state index is 12.9. The molecule has 0 radical (unpaired) electrons. The van der Waals surface area contributed by atoms with Crippen LogP contribution >= 0.6 is 0 Å². The SMILES string of the molecule is CS(=O)(=O)NCC1CCCCN1C(=O)c1ccc2c(c1)CCN2. The van der Waals surface area contributed by atoms with Crippen molar-refractivity contribution in [2.45, 2.75) is 31.7 Å². The van der Waals surface area contributed by atoms with Crippen LogP contribution in [-0.4, -0.2) is 51.2 Å². The van der Waals surface area contributed by atoms with Gasteiger partial charge in [0.15, 0.2) is 0 Å². The van der Waals surface area contributed by atoms with Gasteiger partial charge in [0.05, 0.1) is 6.26 Å². The van der Waals surface area contributed by atoms with Gasteiger partial charge < -0.3 is 10.2 Å². The maximum Gasteiger partial charge on any atom is 0.254 e. The molecule has 0 aliphatic carbocycles. The molecule has 0 saturated carbocycles. The second-order valence-electron chi connectivity index (χ2n) is 6.32. The number of hydrogen-bond donors (Lipinski definition) is 2. The summed E-state index contributed by atoms with van der Waals surface area (Å²) in [5.74, 6) is -0.000277. The Kier molecular flexibility index (Phi) is 4.59. The van der Waals surface area contributed by atoms with Crippen LogP contribution in [0.25, 0.3) is 0 Å². The van der Waals surface area contributed by atoms with Gasteiger partial charge in [-0.2, -0.15) is 0 Å². The van der Waals surface area contributed by atoms with Crippen LogP contribution in [-0.2, 0) is 16.4 Å². The largest absolute Gasteiger partial charge is 0.384 e. The highest BCUT2D eigenvalue weighted by molar-refractivity contribution is 7.88. The van der Waals surface area contributed by atoms with Gasteiger partial charge in [-0.25, -0.2) is 13.1 Å². The number of piperidine rings is 1. The average Bonchev–Trinajstić information content (AvgIpc) is 2.99. The third-order valence-electron chi connectivity index (χ3n) is 4.53. The number of carbonyl (C=O) groups is 1. The molecule has 2 heterocycles. The molecule has 1 saturated heterocycles. The topological polar surface area (TPSA) is 78.5 Å². The summed E-state index contributed by atoms with van der Waals surface area (Å²) in [6, 6.07) is 5.71. The maximum atomic E-state index is 12.9. The van der Waals surface area contributed by atoms with Crippen molar-refractivity contribution >= 4 is 21.6 Å². The normalized spacial score (nSPS) is 20.9. The van der Waals surface area contributed by atoms with E-state index in [-0.39, 0.29) is 18.5 Å². The van der Waals surface area contributed by atoms with Crippen LogP contribution in [0.4, 0.5) is 5.69 Å². The lowest BCUT2D eigenvalue weighted by molar-refractivity contribution is 0.0618. The van der Waals surface area contributed by atoms with E-state index in [0.29, 0.717) is 12.1 Å². The Bertz CT molecular complexity index is 703. The third kappa shape index (κ3) is 3.84. The van der Waals surface area contributed by atoms with Crippen LogP contribution in [0.5, 0.6) is 0 Å². The Morgan fingerprint density at radius 3 is 3.00 bits per heavy atom.